The van der Waals surface area contributed by atoms with Crippen molar-refractivity contribution in [1.29, 1.82) is 0 Å². The summed E-state index contributed by atoms with van der Waals surface area (Å²) in [4.78, 5) is 69.2. The van der Waals surface area contributed by atoms with Crippen LogP contribution in [0.15, 0.2) is 55.6 Å². The van der Waals surface area contributed by atoms with Crippen LogP contribution in [0.25, 0.3) is 75.4 Å². The van der Waals surface area contributed by atoms with Crippen molar-refractivity contribution in [3.8, 4) is 0 Å². The second kappa shape index (κ2) is 16.4. The maximum atomic E-state index is 15.0. The summed E-state index contributed by atoms with van der Waals surface area (Å²) in [6.07, 6.45) is 14.9. The average molecular weight is 868 g/mol. The van der Waals surface area contributed by atoms with E-state index in [0.717, 1.165) is 163 Å². The molecule has 0 spiro atoms. The van der Waals surface area contributed by atoms with E-state index in [0.29, 0.717) is 47.7 Å². The van der Waals surface area contributed by atoms with Crippen LogP contribution >= 0.6 is 12.4 Å². The number of anilines is 1. The van der Waals surface area contributed by atoms with Crippen LogP contribution in [0.1, 0.15) is 82.6 Å². The number of nitrogens with zero attached hydrogens (tertiary/aromatic N) is 6. The zero-order valence-electron chi connectivity index (χ0n) is 36.6. The first-order valence-electron chi connectivity index (χ1n) is 24.1. The first-order chi connectivity index (χ1) is 30.4. The molecule has 6 aromatic carbocycles. The Morgan fingerprint density at radius 3 is 1.41 bits per heavy atom. The molecule has 0 radical (unpaired) electrons. The third-order valence-electron chi connectivity index (χ3n) is 15.8. The van der Waals surface area contributed by atoms with Crippen molar-refractivity contribution in [3.05, 3.63) is 83.4 Å². The fourth-order valence-electron chi connectivity index (χ4n) is 12.6. The molecule has 0 unspecified atom stereocenters. The third-order valence-corrected chi connectivity index (χ3v) is 15.8. The molecule has 4 saturated heterocycles. The molecule has 0 amide bonds. The highest BCUT2D eigenvalue weighted by Crippen LogP contribution is 2.51. The second-order valence-electron chi connectivity index (χ2n) is 19.4. The van der Waals surface area contributed by atoms with Gasteiger partial charge in [0.15, 0.2) is 0 Å². The van der Waals surface area contributed by atoms with E-state index >= 15 is 0 Å². The molecule has 0 N–H and O–H groups in total. The average Bonchev–Trinajstić information content (AvgIpc) is 3.32. The predicted octanol–water partition coefficient (Wildman–Crippen LogP) is 7.97. The van der Waals surface area contributed by atoms with Gasteiger partial charge in [0.05, 0.1) is 5.39 Å². The number of hydrogen-bond donors (Lipinski definition) is 0. The summed E-state index contributed by atoms with van der Waals surface area (Å²) in [5.41, 5.74) is 1.38. The molecule has 12 rings (SSSR count). The lowest BCUT2D eigenvalue weighted by atomic mass is 9.80. The quantitative estimate of drug-likeness (QED) is 0.101. The van der Waals surface area contributed by atoms with Crippen LogP contribution < -0.4 is 27.1 Å². The predicted molar refractivity (Wildman–Crippen MR) is 263 cm³/mol. The topological polar surface area (TPSA) is 91.1 Å². The molecule has 0 bridgehead atoms. The number of fused-ring (bicyclic) bond motifs is 1. The van der Waals surface area contributed by atoms with Gasteiger partial charge in [0, 0.05) is 89.2 Å². The van der Waals surface area contributed by atoms with Gasteiger partial charge in [0.2, 0.25) is 0 Å². The Morgan fingerprint density at radius 1 is 0.365 bits per heavy atom. The van der Waals surface area contributed by atoms with Crippen molar-refractivity contribution in [2.45, 2.75) is 96.6 Å². The monoisotopic (exact) mass is 866 g/mol. The van der Waals surface area contributed by atoms with Gasteiger partial charge in [-0.2, -0.15) is 0 Å². The van der Waals surface area contributed by atoms with Crippen molar-refractivity contribution in [3.63, 3.8) is 0 Å². The minimum atomic E-state index is -0.215. The molecule has 4 fully saturated rings. The van der Waals surface area contributed by atoms with Gasteiger partial charge in [0.1, 0.15) is 0 Å². The maximum absolute atomic E-state index is 15.0. The number of halogens is 1. The van der Waals surface area contributed by atoms with E-state index in [1.807, 2.05) is 6.07 Å². The van der Waals surface area contributed by atoms with Gasteiger partial charge >= 0.3 is 0 Å². The molecular formula is C52H59ClN6O4. The molecule has 328 valence electrons. The highest BCUT2D eigenvalue weighted by Gasteiger charge is 2.30. The van der Waals surface area contributed by atoms with E-state index in [1.165, 1.54) is 48.7 Å². The standard InChI is InChI=1S/C52H58N6O4.ClH/c59-49-36-14-13-35-45-41(56-22-11-4-12-23-56)32-40-44-39(51(61)58(52(40)62)28-26-55-20-9-3-10-21-55)31-37-33(15-24-53-16-5-1-6-17-53)29-34-30-38(43(36)46(35)42(34)47(37)48(44)45)50(60)57(49)27-25-54-18-7-2-8-19-54;/h13-14,29-32H,1-12,15-28H2;1H. The summed E-state index contributed by atoms with van der Waals surface area (Å²) in [5, 5.41) is 12.1. The second-order valence-corrected chi connectivity index (χ2v) is 19.4. The van der Waals surface area contributed by atoms with Crippen LogP contribution in [-0.4, -0.2) is 95.8 Å². The van der Waals surface area contributed by atoms with E-state index in [2.05, 4.69) is 49.9 Å². The highest BCUT2D eigenvalue weighted by molar-refractivity contribution is 6.47. The number of aromatic nitrogens is 2. The minimum absolute atomic E-state index is 0. The van der Waals surface area contributed by atoms with Crippen LogP contribution in [0.4, 0.5) is 5.69 Å². The fraction of sp³-hybridized carbons (Fsp3) is 0.500. The van der Waals surface area contributed by atoms with Crippen LogP contribution in [0.2, 0.25) is 0 Å². The fourth-order valence-corrected chi connectivity index (χ4v) is 12.6. The molecular weight excluding hydrogens is 808 g/mol. The van der Waals surface area contributed by atoms with Gasteiger partial charge in [-0.05, 0) is 166 Å². The number of piperidine rings is 4. The Balaban J connectivity index is 0.00000444. The van der Waals surface area contributed by atoms with Crippen LogP contribution in [-0.2, 0) is 19.5 Å². The molecule has 0 aliphatic carbocycles. The number of benzene rings is 6. The summed E-state index contributed by atoms with van der Waals surface area (Å²) >= 11 is 0. The summed E-state index contributed by atoms with van der Waals surface area (Å²) in [7, 11) is 0. The smallest absolute Gasteiger partial charge is 0.261 e. The zero-order chi connectivity index (χ0) is 41.6. The molecule has 0 atom stereocenters. The van der Waals surface area contributed by atoms with Gasteiger partial charge in [-0.25, -0.2) is 0 Å². The van der Waals surface area contributed by atoms with E-state index in [1.54, 1.807) is 4.57 Å². The number of pyridine rings is 2. The van der Waals surface area contributed by atoms with E-state index in [-0.39, 0.29) is 34.6 Å². The molecule has 8 aromatic rings. The van der Waals surface area contributed by atoms with Gasteiger partial charge in [-0.1, -0.05) is 31.4 Å². The molecule has 10 nitrogen and oxygen atoms in total. The summed E-state index contributed by atoms with van der Waals surface area (Å²) in [6.45, 7) is 11.0. The molecule has 4 aliphatic rings. The Hall–Kier alpha value is -4.61. The van der Waals surface area contributed by atoms with Crippen molar-refractivity contribution >= 4 is 93.5 Å². The Morgan fingerprint density at radius 2 is 0.825 bits per heavy atom. The highest BCUT2D eigenvalue weighted by atomic mass is 35.5. The first kappa shape index (κ1) is 41.1. The summed E-state index contributed by atoms with van der Waals surface area (Å²) in [5.74, 6) is 0. The van der Waals surface area contributed by atoms with E-state index in [4.69, 9.17) is 0 Å². The van der Waals surface area contributed by atoms with E-state index < -0.39 is 0 Å². The van der Waals surface area contributed by atoms with Gasteiger partial charge in [0.25, 0.3) is 22.2 Å². The molecule has 4 aliphatic heterocycles. The zero-order valence-corrected chi connectivity index (χ0v) is 37.4. The normalized spacial score (nSPS) is 19.1. The number of rotatable bonds is 10. The molecule has 6 heterocycles. The van der Waals surface area contributed by atoms with Crippen LogP contribution in [0.3, 0.4) is 0 Å². The Kier molecular flexibility index (Phi) is 10.7. The van der Waals surface area contributed by atoms with Gasteiger partial charge in [-0.3, -0.25) is 28.3 Å². The van der Waals surface area contributed by atoms with Gasteiger partial charge in [-0.15, -0.1) is 12.4 Å². The number of likely N-dealkylation sites (tertiary alicyclic amines) is 3. The first-order valence-corrected chi connectivity index (χ1v) is 24.1. The van der Waals surface area contributed by atoms with Crippen molar-refractivity contribution in [2.24, 2.45) is 0 Å². The minimum Gasteiger partial charge on any atom is -0.371 e. The van der Waals surface area contributed by atoms with Crippen molar-refractivity contribution in [1.82, 2.24) is 23.8 Å². The Bertz CT molecular complexity index is 3230. The Labute approximate surface area is 372 Å². The number of hydrogen-bond acceptors (Lipinski definition) is 8. The molecule has 63 heavy (non-hydrogen) atoms. The molecule has 11 heteroatoms. The lowest BCUT2D eigenvalue weighted by Gasteiger charge is -2.32. The lowest BCUT2D eigenvalue weighted by Crippen LogP contribution is -2.39. The van der Waals surface area contributed by atoms with Gasteiger partial charge < -0.3 is 19.6 Å². The van der Waals surface area contributed by atoms with Crippen LogP contribution in [0, 0.1) is 0 Å². The molecule has 0 saturated carbocycles. The summed E-state index contributed by atoms with van der Waals surface area (Å²) in [6, 6.07) is 12.7. The SMILES string of the molecule is Cl.O=c1c2ccc3c4c(N5CCCCC5)cc5c(=O)n(CCN6CCCCC6)c(=O)c6cc7c(CCN8CCCCC8)cc8cc(c(=O)n1CCN1CCCCC1)c2c3c8c7c4c56. The van der Waals surface area contributed by atoms with Crippen LogP contribution in [0.5, 0.6) is 0 Å². The van der Waals surface area contributed by atoms with E-state index in [9.17, 15) is 19.2 Å². The lowest BCUT2D eigenvalue weighted by molar-refractivity contribution is 0.219. The summed E-state index contributed by atoms with van der Waals surface area (Å²) < 4.78 is 3.05. The van der Waals surface area contributed by atoms with Crippen molar-refractivity contribution < 1.29 is 0 Å². The largest absolute Gasteiger partial charge is 0.371 e. The third kappa shape index (κ3) is 6.60. The maximum Gasteiger partial charge on any atom is 0.261 e. The molecule has 2 aromatic heterocycles. The van der Waals surface area contributed by atoms with Crippen molar-refractivity contribution in [2.75, 3.05) is 76.9 Å².